The Morgan fingerprint density at radius 3 is 2.55 bits per heavy atom. The highest BCUT2D eigenvalue weighted by Crippen LogP contribution is 2.17. The van der Waals surface area contributed by atoms with E-state index >= 15 is 0 Å². The van der Waals surface area contributed by atoms with E-state index in [0.29, 0.717) is 5.92 Å². The lowest BCUT2D eigenvalue weighted by atomic mass is 10.0. The maximum atomic E-state index is 5.95. The molecule has 64 valence electrons. The second-order valence-corrected chi connectivity index (χ2v) is 3.38. The second-order valence-electron chi connectivity index (χ2n) is 2.88. The second kappa shape index (κ2) is 6.48. The van der Waals surface area contributed by atoms with E-state index in [1.807, 2.05) is 6.08 Å². The van der Waals surface area contributed by atoms with Crippen molar-refractivity contribution in [1.82, 2.24) is 0 Å². The minimum atomic E-state index is 0.125. The van der Waals surface area contributed by atoms with Crippen LogP contribution in [-0.4, -0.2) is 5.38 Å². The van der Waals surface area contributed by atoms with Crippen molar-refractivity contribution in [3.05, 3.63) is 25.3 Å². The van der Waals surface area contributed by atoms with E-state index in [4.69, 9.17) is 11.6 Å². The van der Waals surface area contributed by atoms with Crippen LogP contribution in [-0.2, 0) is 0 Å². The summed E-state index contributed by atoms with van der Waals surface area (Å²) in [5.74, 6) is 0.536. The van der Waals surface area contributed by atoms with Crippen molar-refractivity contribution < 1.29 is 0 Å². The zero-order valence-corrected chi connectivity index (χ0v) is 7.98. The van der Waals surface area contributed by atoms with E-state index in [0.717, 1.165) is 12.8 Å². The van der Waals surface area contributed by atoms with Crippen LogP contribution < -0.4 is 0 Å². The summed E-state index contributed by atoms with van der Waals surface area (Å²) in [4.78, 5) is 0. The average molecular weight is 173 g/mol. The van der Waals surface area contributed by atoms with E-state index in [1.165, 1.54) is 6.42 Å². The van der Waals surface area contributed by atoms with Crippen molar-refractivity contribution in [2.45, 2.75) is 31.6 Å². The van der Waals surface area contributed by atoms with Crippen molar-refractivity contribution in [3.63, 3.8) is 0 Å². The summed E-state index contributed by atoms with van der Waals surface area (Å²) in [6.45, 7) is 9.48. The van der Waals surface area contributed by atoms with Gasteiger partial charge in [-0.05, 0) is 25.2 Å². The van der Waals surface area contributed by atoms with Crippen LogP contribution >= 0.6 is 11.6 Å². The molecule has 2 unspecified atom stereocenters. The molecule has 0 rings (SSSR count). The molecular formula is C10H17Cl. The summed E-state index contributed by atoms with van der Waals surface area (Å²) in [7, 11) is 0. The predicted octanol–water partition coefficient (Wildman–Crippen LogP) is 3.77. The van der Waals surface area contributed by atoms with Crippen LogP contribution in [0.15, 0.2) is 25.3 Å². The molecule has 0 heterocycles. The molecule has 0 aliphatic carbocycles. The fourth-order valence-corrected chi connectivity index (χ4v) is 1.10. The van der Waals surface area contributed by atoms with Crippen LogP contribution in [0.25, 0.3) is 0 Å². The van der Waals surface area contributed by atoms with Gasteiger partial charge in [0.15, 0.2) is 0 Å². The summed E-state index contributed by atoms with van der Waals surface area (Å²) in [5.41, 5.74) is 0. The molecule has 0 aliphatic heterocycles. The number of hydrogen-bond donors (Lipinski definition) is 0. The number of unbranched alkanes of at least 4 members (excludes halogenated alkanes) is 1. The first-order valence-corrected chi connectivity index (χ1v) is 4.53. The number of rotatable bonds is 6. The highest BCUT2D eigenvalue weighted by molar-refractivity contribution is 6.21. The first kappa shape index (κ1) is 10.8. The lowest BCUT2D eigenvalue weighted by Gasteiger charge is -2.12. The SMILES string of the molecule is C=CCCCC(C)C(Cl)C=C. The zero-order chi connectivity index (χ0) is 8.69. The van der Waals surface area contributed by atoms with E-state index < -0.39 is 0 Å². The van der Waals surface area contributed by atoms with Gasteiger partial charge in [0.05, 0.1) is 5.38 Å². The Kier molecular flexibility index (Phi) is 6.34. The van der Waals surface area contributed by atoms with E-state index in [9.17, 15) is 0 Å². The van der Waals surface area contributed by atoms with Gasteiger partial charge in [-0.15, -0.1) is 24.8 Å². The van der Waals surface area contributed by atoms with Gasteiger partial charge in [0.25, 0.3) is 0 Å². The monoisotopic (exact) mass is 172 g/mol. The molecule has 0 saturated heterocycles. The standard InChI is InChI=1S/C10H17Cl/c1-4-6-7-8-9(3)10(11)5-2/h4-5,9-10H,1-2,6-8H2,3H3. The van der Waals surface area contributed by atoms with E-state index in [1.54, 1.807) is 6.08 Å². The maximum Gasteiger partial charge on any atom is 0.0538 e. The topological polar surface area (TPSA) is 0 Å². The van der Waals surface area contributed by atoms with E-state index in [2.05, 4.69) is 20.1 Å². The molecule has 2 atom stereocenters. The lowest BCUT2D eigenvalue weighted by molar-refractivity contribution is 0.525. The molecule has 0 nitrogen and oxygen atoms in total. The fraction of sp³-hybridized carbons (Fsp3) is 0.600. The summed E-state index contributed by atoms with van der Waals surface area (Å²) in [6, 6.07) is 0. The summed E-state index contributed by atoms with van der Waals surface area (Å²) < 4.78 is 0. The minimum absolute atomic E-state index is 0.125. The molecule has 0 fully saturated rings. The number of hydrogen-bond acceptors (Lipinski definition) is 0. The van der Waals surface area contributed by atoms with Gasteiger partial charge in [-0.3, -0.25) is 0 Å². The maximum absolute atomic E-state index is 5.95. The zero-order valence-electron chi connectivity index (χ0n) is 7.22. The van der Waals surface area contributed by atoms with Gasteiger partial charge < -0.3 is 0 Å². The lowest BCUT2D eigenvalue weighted by Crippen LogP contribution is -2.07. The molecule has 0 aliphatic rings. The number of halogens is 1. The third kappa shape index (κ3) is 5.09. The molecule has 0 saturated carbocycles. The normalized spacial score (nSPS) is 15.5. The number of alkyl halides is 1. The highest BCUT2D eigenvalue weighted by atomic mass is 35.5. The van der Waals surface area contributed by atoms with Gasteiger partial charge in [0.1, 0.15) is 0 Å². The van der Waals surface area contributed by atoms with Gasteiger partial charge in [-0.25, -0.2) is 0 Å². The summed E-state index contributed by atoms with van der Waals surface area (Å²) >= 11 is 5.95. The molecule has 0 aromatic heterocycles. The van der Waals surface area contributed by atoms with Gasteiger partial charge in [-0.2, -0.15) is 0 Å². The fourth-order valence-electron chi connectivity index (χ4n) is 0.976. The molecule has 1 heteroatoms. The Morgan fingerprint density at radius 1 is 1.45 bits per heavy atom. The molecule has 0 bridgehead atoms. The van der Waals surface area contributed by atoms with Crippen molar-refractivity contribution in [3.8, 4) is 0 Å². The quantitative estimate of drug-likeness (QED) is 0.325. The van der Waals surface area contributed by atoms with E-state index in [-0.39, 0.29) is 5.38 Å². The highest BCUT2D eigenvalue weighted by Gasteiger charge is 2.08. The van der Waals surface area contributed by atoms with Gasteiger partial charge in [0.2, 0.25) is 0 Å². The molecule has 0 radical (unpaired) electrons. The largest absolute Gasteiger partial charge is 0.118 e. The van der Waals surface area contributed by atoms with Crippen LogP contribution in [0.1, 0.15) is 26.2 Å². The molecule has 0 aromatic carbocycles. The van der Waals surface area contributed by atoms with Crippen molar-refractivity contribution in [1.29, 1.82) is 0 Å². The predicted molar refractivity (Wildman–Crippen MR) is 53.1 cm³/mol. The molecule has 0 N–H and O–H groups in total. The van der Waals surface area contributed by atoms with Gasteiger partial charge in [0, 0.05) is 0 Å². The molecular weight excluding hydrogens is 156 g/mol. The summed E-state index contributed by atoms with van der Waals surface area (Å²) in [5, 5.41) is 0.125. The van der Waals surface area contributed by atoms with Crippen LogP contribution in [0.5, 0.6) is 0 Å². The van der Waals surface area contributed by atoms with Crippen LogP contribution in [0, 0.1) is 5.92 Å². The first-order chi connectivity index (χ1) is 5.22. The smallest absolute Gasteiger partial charge is 0.0538 e. The Labute approximate surface area is 74.9 Å². The third-order valence-electron chi connectivity index (χ3n) is 1.84. The van der Waals surface area contributed by atoms with Crippen LogP contribution in [0.3, 0.4) is 0 Å². The molecule has 0 aromatic rings. The Hall–Kier alpha value is -0.230. The van der Waals surface area contributed by atoms with Crippen molar-refractivity contribution in [2.24, 2.45) is 5.92 Å². The Bertz CT molecular complexity index is 118. The minimum Gasteiger partial charge on any atom is -0.118 e. The first-order valence-electron chi connectivity index (χ1n) is 4.10. The van der Waals surface area contributed by atoms with Gasteiger partial charge in [-0.1, -0.05) is 19.1 Å². The average Bonchev–Trinajstić information content (AvgIpc) is 2.03. The van der Waals surface area contributed by atoms with Gasteiger partial charge >= 0.3 is 0 Å². The van der Waals surface area contributed by atoms with Crippen LogP contribution in [0.4, 0.5) is 0 Å². The summed E-state index contributed by atoms with van der Waals surface area (Å²) in [6.07, 6.45) is 7.18. The van der Waals surface area contributed by atoms with Crippen LogP contribution in [0.2, 0.25) is 0 Å². The Balaban J connectivity index is 3.42. The van der Waals surface area contributed by atoms with Crippen molar-refractivity contribution >= 4 is 11.6 Å². The molecule has 0 spiro atoms. The molecule has 11 heavy (non-hydrogen) atoms. The Morgan fingerprint density at radius 2 is 2.09 bits per heavy atom. The number of allylic oxidation sites excluding steroid dienone is 2. The third-order valence-corrected chi connectivity index (χ3v) is 2.44. The molecule has 0 amide bonds. The van der Waals surface area contributed by atoms with Crippen molar-refractivity contribution in [2.75, 3.05) is 0 Å².